The van der Waals surface area contributed by atoms with Crippen LogP contribution in [0.4, 0.5) is 0 Å². The van der Waals surface area contributed by atoms with Crippen molar-refractivity contribution in [2.24, 2.45) is 0 Å². The lowest BCUT2D eigenvalue weighted by Gasteiger charge is -2.26. The van der Waals surface area contributed by atoms with E-state index in [1.807, 2.05) is 6.07 Å². The molecule has 1 heteroatoms. The minimum atomic E-state index is 0.967. The van der Waals surface area contributed by atoms with Crippen molar-refractivity contribution in [1.82, 2.24) is 0 Å². The van der Waals surface area contributed by atoms with Crippen molar-refractivity contribution in [3.05, 3.63) is 89.0 Å². The van der Waals surface area contributed by atoms with E-state index in [-0.39, 0.29) is 0 Å². The number of hydrogen-bond donors (Lipinski definition) is 0. The molecule has 5 rings (SSSR count). The minimum Gasteiger partial charge on any atom is -0.456 e. The number of para-hydroxylation sites is 1. The highest BCUT2D eigenvalue weighted by Crippen LogP contribution is 2.51. The molecule has 24 heavy (non-hydrogen) atoms. The normalized spacial score (nSPS) is 14.2. The molecule has 0 radical (unpaired) electrons. The highest BCUT2D eigenvalue weighted by molar-refractivity contribution is 5.98. The second-order valence-electron chi connectivity index (χ2n) is 6.44. The van der Waals surface area contributed by atoms with Crippen molar-refractivity contribution in [2.75, 3.05) is 0 Å². The van der Waals surface area contributed by atoms with Crippen molar-refractivity contribution in [1.29, 1.82) is 0 Å². The fourth-order valence-corrected chi connectivity index (χ4v) is 4.04. The summed E-state index contributed by atoms with van der Waals surface area (Å²) >= 11 is 0. The Morgan fingerprint density at radius 3 is 2.33 bits per heavy atom. The molecule has 0 atom stereocenters. The van der Waals surface area contributed by atoms with Crippen LogP contribution in [0, 0.1) is 0 Å². The van der Waals surface area contributed by atoms with Gasteiger partial charge in [0.15, 0.2) is 0 Å². The summed E-state index contributed by atoms with van der Waals surface area (Å²) in [6.45, 7) is 2.26. The number of rotatable bonds is 1. The Kier molecular flexibility index (Phi) is 2.90. The van der Waals surface area contributed by atoms with Gasteiger partial charge in [0.2, 0.25) is 0 Å². The average Bonchev–Trinajstić information content (AvgIpc) is 2.78. The molecule has 0 N–H and O–H groups in total. The summed E-state index contributed by atoms with van der Waals surface area (Å²) in [6, 6.07) is 23.6. The summed E-state index contributed by atoms with van der Waals surface area (Å²) in [4.78, 5) is 0. The van der Waals surface area contributed by atoms with E-state index in [0.29, 0.717) is 0 Å². The first-order valence-electron chi connectivity index (χ1n) is 8.57. The third-order valence-corrected chi connectivity index (χ3v) is 5.14. The first-order valence-corrected chi connectivity index (χ1v) is 8.57. The smallest absolute Gasteiger partial charge is 0.135 e. The predicted molar refractivity (Wildman–Crippen MR) is 98.4 cm³/mol. The lowest BCUT2D eigenvalue weighted by atomic mass is 9.86. The molecule has 3 aromatic carbocycles. The standard InChI is InChI=1S/C23H18O/c1-2-15-14-16-8-3-4-9-17(16)18-11-7-13-21-23(18)22(15)19-10-5-6-12-20(19)24-21/h3-13H,2,14H2,1H3. The average molecular weight is 310 g/mol. The lowest BCUT2D eigenvalue weighted by Crippen LogP contribution is -2.05. The van der Waals surface area contributed by atoms with Gasteiger partial charge < -0.3 is 4.74 Å². The fourth-order valence-electron chi connectivity index (χ4n) is 4.04. The van der Waals surface area contributed by atoms with Gasteiger partial charge in [-0.25, -0.2) is 0 Å². The Morgan fingerprint density at radius 2 is 1.46 bits per heavy atom. The van der Waals surface area contributed by atoms with Crippen LogP contribution in [0.25, 0.3) is 16.7 Å². The van der Waals surface area contributed by atoms with Crippen LogP contribution in [0.3, 0.4) is 0 Å². The fraction of sp³-hybridized carbons (Fsp3) is 0.130. The summed E-state index contributed by atoms with van der Waals surface area (Å²) < 4.78 is 6.25. The van der Waals surface area contributed by atoms with Gasteiger partial charge in [-0.05, 0) is 47.2 Å². The molecular weight excluding hydrogens is 292 g/mol. The quantitative estimate of drug-likeness (QED) is 0.405. The van der Waals surface area contributed by atoms with Crippen LogP contribution in [-0.2, 0) is 6.42 Å². The van der Waals surface area contributed by atoms with Crippen LogP contribution in [-0.4, -0.2) is 0 Å². The Labute approximate surface area is 142 Å². The molecule has 1 aliphatic heterocycles. The third-order valence-electron chi connectivity index (χ3n) is 5.14. The predicted octanol–water partition coefficient (Wildman–Crippen LogP) is 6.23. The maximum atomic E-state index is 6.25. The van der Waals surface area contributed by atoms with Gasteiger partial charge in [0.05, 0.1) is 0 Å². The second kappa shape index (κ2) is 5.10. The molecule has 1 aliphatic carbocycles. The third kappa shape index (κ3) is 1.81. The SMILES string of the molecule is CCC1=C2c3ccccc3Oc3cccc(c32)-c2ccccc2C1. The van der Waals surface area contributed by atoms with E-state index in [0.717, 1.165) is 24.3 Å². The Bertz CT molecular complexity index is 994. The Hall–Kier alpha value is -2.80. The highest BCUT2D eigenvalue weighted by Gasteiger charge is 2.29. The van der Waals surface area contributed by atoms with Gasteiger partial charge in [0.25, 0.3) is 0 Å². The van der Waals surface area contributed by atoms with Crippen molar-refractivity contribution in [2.45, 2.75) is 19.8 Å². The number of fused-ring (bicyclic) bond motifs is 4. The van der Waals surface area contributed by atoms with E-state index >= 15 is 0 Å². The van der Waals surface area contributed by atoms with Crippen LogP contribution in [0.5, 0.6) is 11.5 Å². The summed E-state index contributed by atoms with van der Waals surface area (Å²) in [5, 5.41) is 0. The summed E-state index contributed by atoms with van der Waals surface area (Å²) in [7, 11) is 0. The molecular formula is C23H18O. The molecule has 0 saturated heterocycles. The summed E-state index contributed by atoms with van der Waals surface area (Å²) in [5.41, 5.74) is 9.38. The zero-order valence-electron chi connectivity index (χ0n) is 13.7. The van der Waals surface area contributed by atoms with Crippen LogP contribution in [0.15, 0.2) is 72.3 Å². The van der Waals surface area contributed by atoms with Crippen molar-refractivity contribution in [3.63, 3.8) is 0 Å². The molecule has 0 fully saturated rings. The molecule has 1 heterocycles. The monoisotopic (exact) mass is 310 g/mol. The molecule has 116 valence electrons. The number of hydrogen-bond acceptors (Lipinski definition) is 1. The maximum absolute atomic E-state index is 6.25. The summed E-state index contributed by atoms with van der Waals surface area (Å²) in [5.74, 6) is 1.94. The van der Waals surface area contributed by atoms with Crippen LogP contribution >= 0.6 is 0 Å². The van der Waals surface area contributed by atoms with Crippen molar-refractivity contribution < 1.29 is 4.74 Å². The van der Waals surface area contributed by atoms with Crippen LogP contribution in [0.1, 0.15) is 30.0 Å². The van der Waals surface area contributed by atoms with Gasteiger partial charge >= 0.3 is 0 Å². The molecule has 0 amide bonds. The number of allylic oxidation sites excluding steroid dienone is 1. The Morgan fingerprint density at radius 1 is 0.750 bits per heavy atom. The summed E-state index contributed by atoms with van der Waals surface area (Å²) in [6.07, 6.45) is 2.05. The van der Waals surface area contributed by atoms with Crippen molar-refractivity contribution in [3.8, 4) is 22.6 Å². The molecule has 0 saturated carbocycles. The van der Waals surface area contributed by atoms with E-state index in [9.17, 15) is 0 Å². The molecule has 2 aliphatic rings. The van der Waals surface area contributed by atoms with Crippen LogP contribution < -0.4 is 4.74 Å². The first-order chi connectivity index (χ1) is 11.9. The van der Waals surface area contributed by atoms with E-state index in [2.05, 4.69) is 67.6 Å². The molecule has 3 aromatic rings. The minimum absolute atomic E-state index is 0.967. The Balaban J connectivity index is 1.93. The zero-order chi connectivity index (χ0) is 16.1. The topological polar surface area (TPSA) is 9.23 Å². The van der Waals surface area contributed by atoms with Gasteiger partial charge in [0.1, 0.15) is 11.5 Å². The largest absolute Gasteiger partial charge is 0.456 e. The molecule has 0 bridgehead atoms. The molecule has 0 unspecified atom stereocenters. The van der Waals surface area contributed by atoms with Gasteiger partial charge in [-0.3, -0.25) is 0 Å². The van der Waals surface area contributed by atoms with E-state index in [1.165, 1.54) is 39.0 Å². The van der Waals surface area contributed by atoms with Gasteiger partial charge in [-0.2, -0.15) is 0 Å². The molecule has 1 nitrogen and oxygen atoms in total. The zero-order valence-corrected chi connectivity index (χ0v) is 13.7. The van der Waals surface area contributed by atoms with Crippen molar-refractivity contribution >= 4 is 5.57 Å². The van der Waals surface area contributed by atoms with Crippen LogP contribution in [0.2, 0.25) is 0 Å². The molecule has 0 aromatic heterocycles. The van der Waals surface area contributed by atoms with E-state index in [4.69, 9.17) is 4.74 Å². The number of ether oxygens (including phenoxy) is 1. The highest BCUT2D eigenvalue weighted by atomic mass is 16.5. The lowest BCUT2D eigenvalue weighted by molar-refractivity contribution is 0.474. The first kappa shape index (κ1) is 13.6. The second-order valence-corrected chi connectivity index (χ2v) is 6.44. The number of benzene rings is 3. The van der Waals surface area contributed by atoms with E-state index in [1.54, 1.807) is 0 Å². The molecule has 0 spiro atoms. The maximum Gasteiger partial charge on any atom is 0.135 e. The van der Waals surface area contributed by atoms with Gasteiger partial charge in [-0.1, -0.05) is 67.1 Å². The van der Waals surface area contributed by atoms with Gasteiger partial charge in [-0.15, -0.1) is 0 Å². The van der Waals surface area contributed by atoms with E-state index < -0.39 is 0 Å². The van der Waals surface area contributed by atoms with Gasteiger partial charge in [0, 0.05) is 11.1 Å².